The summed E-state index contributed by atoms with van der Waals surface area (Å²) in [6, 6.07) is 7.79. The van der Waals surface area contributed by atoms with Gasteiger partial charge in [-0.05, 0) is 65.4 Å². The van der Waals surface area contributed by atoms with E-state index in [1.165, 1.54) is 18.2 Å². The van der Waals surface area contributed by atoms with Crippen molar-refractivity contribution in [2.75, 3.05) is 0 Å². The van der Waals surface area contributed by atoms with E-state index in [1.807, 2.05) is 6.92 Å². The lowest BCUT2D eigenvalue weighted by molar-refractivity contribution is 0.617. The normalized spacial score (nSPS) is 10.7. The van der Waals surface area contributed by atoms with Gasteiger partial charge in [0.2, 0.25) is 0 Å². The van der Waals surface area contributed by atoms with Gasteiger partial charge in [-0.25, -0.2) is 8.78 Å². The number of halogens is 3. The molecule has 0 fully saturated rings. The zero-order valence-corrected chi connectivity index (χ0v) is 13.0. The molecule has 2 aromatic carbocycles. The first kappa shape index (κ1) is 14.9. The Morgan fingerprint density at radius 2 is 1.85 bits per heavy atom. The molecule has 0 aliphatic carbocycles. The minimum Gasteiger partial charge on any atom is -0.207 e. The molecule has 0 atom stereocenters. The van der Waals surface area contributed by atoms with Gasteiger partial charge in [0.05, 0.1) is 0 Å². The smallest absolute Gasteiger partial charge is 0.126 e. The summed E-state index contributed by atoms with van der Waals surface area (Å²) in [7, 11) is 0. The van der Waals surface area contributed by atoms with E-state index in [0.717, 1.165) is 15.6 Å². The lowest BCUT2D eigenvalue weighted by Crippen LogP contribution is -1.97. The molecule has 0 bridgehead atoms. The van der Waals surface area contributed by atoms with Crippen LogP contribution in [0.15, 0.2) is 41.4 Å². The minimum atomic E-state index is -0.274. The Balaban J connectivity index is 2.54. The van der Waals surface area contributed by atoms with Crippen LogP contribution in [0.3, 0.4) is 0 Å². The Hall–Kier alpha value is -1.48. The van der Waals surface area contributed by atoms with Crippen molar-refractivity contribution in [3.63, 3.8) is 0 Å². The molecule has 0 spiro atoms. The molecule has 0 heterocycles. The maximum atomic E-state index is 13.8. The summed E-state index contributed by atoms with van der Waals surface area (Å²) in [4.78, 5) is 0. The van der Waals surface area contributed by atoms with Gasteiger partial charge in [-0.1, -0.05) is 35.5 Å². The molecule has 0 radical (unpaired) electrons. The third kappa shape index (κ3) is 2.83. The first-order chi connectivity index (χ1) is 9.43. The molecule has 0 aromatic heterocycles. The van der Waals surface area contributed by atoms with Crippen molar-refractivity contribution in [1.29, 1.82) is 0 Å². The fourth-order valence-corrected chi connectivity index (χ4v) is 2.87. The summed E-state index contributed by atoms with van der Waals surface area (Å²) in [5.74, 6) is -0.544. The SMILES string of the molecule is C=C(c1cc(F)c(C)cc1Br)c1ccc(F)cc1CC. The molecular formula is C17H15BrF2. The van der Waals surface area contributed by atoms with Crippen molar-refractivity contribution in [2.45, 2.75) is 20.3 Å². The van der Waals surface area contributed by atoms with E-state index in [0.29, 0.717) is 23.1 Å². The quantitative estimate of drug-likeness (QED) is 0.678. The summed E-state index contributed by atoms with van der Waals surface area (Å²) in [6.45, 7) is 7.71. The maximum Gasteiger partial charge on any atom is 0.126 e. The first-order valence-corrected chi connectivity index (χ1v) is 7.17. The second kappa shape index (κ2) is 5.88. The predicted molar refractivity (Wildman–Crippen MR) is 82.8 cm³/mol. The Morgan fingerprint density at radius 1 is 1.15 bits per heavy atom. The zero-order chi connectivity index (χ0) is 14.9. The van der Waals surface area contributed by atoms with Crippen molar-refractivity contribution in [2.24, 2.45) is 0 Å². The zero-order valence-electron chi connectivity index (χ0n) is 11.4. The third-order valence-electron chi connectivity index (χ3n) is 3.35. The van der Waals surface area contributed by atoms with Crippen LogP contribution in [0.25, 0.3) is 5.57 Å². The Bertz CT molecular complexity index is 675. The largest absolute Gasteiger partial charge is 0.207 e. The summed E-state index contributed by atoms with van der Waals surface area (Å²) in [5.41, 5.74) is 3.66. The third-order valence-corrected chi connectivity index (χ3v) is 4.00. The van der Waals surface area contributed by atoms with E-state index in [1.54, 1.807) is 19.1 Å². The molecular weight excluding hydrogens is 322 g/mol. The van der Waals surface area contributed by atoms with Gasteiger partial charge >= 0.3 is 0 Å². The van der Waals surface area contributed by atoms with Crippen LogP contribution in [0, 0.1) is 18.6 Å². The van der Waals surface area contributed by atoms with Gasteiger partial charge in [-0.2, -0.15) is 0 Å². The monoisotopic (exact) mass is 336 g/mol. The lowest BCUT2D eigenvalue weighted by atomic mass is 9.93. The van der Waals surface area contributed by atoms with Gasteiger partial charge in [0, 0.05) is 4.47 Å². The van der Waals surface area contributed by atoms with Gasteiger partial charge in [0.15, 0.2) is 0 Å². The van der Waals surface area contributed by atoms with E-state index >= 15 is 0 Å². The molecule has 2 aromatic rings. The van der Waals surface area contributed by atoms with E-state index in [2.05, 4.69) is 22.5 Å². The van der Waals surface area contributed by atoms with E-state index in [4.69, 9.17) is 0 Å². The standard InChI is InChI=1S/C17H15BrF2/c1-4-12-8-13(19)5-6-14(12)11(3)15-9-17(20)10(2)7-16(15)18/h5-9H,3-4H2,1-2H3. The van der Waals surface area contributed by atoms with Gasteiger partial charge in [-0.3, -0.25) is 0 Å². The van der Waals surface area contributed by atoms with Crippen LogP contribution in [0.1, 0.15) is 29.2 Å². The fraction of sp³-hybridized carbons (Fsp3) is 0.176. The Morgan fingerprint density at radius 3 is 2.50 bits per heavy atom. The highest BCUT2D eigenvalue weighted by molar-refractivity contribution is 9.10. The average molecular weight is 337 g/mol. The second-order valence-electron chi connectivity index (χ2n) is 4.71. The van der Waals surface area contributed by atoms with Crippen LogP contribution in [0.2, 0.25) is 0 Å². The highest BCUT2D eigenvalue weighted by atomic mass is 79.9. The molecule has 0 saturated heterocycles. The van der Waals surface area contributed by atoms with Crippen LogP contribution >= 0.6 is 15.9 Å². The molecule has 2 rings (SSSR count). The Kier molecular flexibility index (Phi) is 4.39. The molecule has 104 valence electrons. The molecule has 0 amide bonds. The van der Waals surface area contributed by atoms with Crippen molar-refractivity contribution < 1.29 is 8.78 Å². The van der Waals surface area contributed by atoms with Crippen LogP contribution in [-0.2, 0) is 6.42 Å². The summed E-state index contributed by atoms with van der Waals surface area (Å²) in [5, 5.41) is 0. The summed E-state index contributed by atoms with van der Waals surface area (Å²) < 4.78 is 27.8. The number of benzene rings is 2. The first-order valence-electron chi connectivity index (χ1n) is 6.37. The summed E-state index contributed by atoms with van der Waals surface area (Å²) in [6.07, 6.45) is 0.693. The van der Waals surface area contributed by atoms with Gasteiger partial charge < -0.3 is 0 Å². The number of rotatable bonds is 3. The van der Waals surface area contributed by atoms with Crippen LogP contribution < -0.4 is 0 Å². The average Bonchev–Trinajstić information content (AvgIpc) is 2.42. The van der Waals surface area contributed by atoms with E-state index in [9.17, 15) is 8.78 Å². The molecule has 20 heavy (non-hydrogen) atoms. The van der Waals surface area contributed by atoms with Crippen LogP contribution in [0.4, 0.5) is 8.78 Å². The molecule has 3 heteroatoms. The van der Waals surface area contributed by atoms with Crippen molar-refractivity contribution in [3.8, 4) is 0 Å². The lowest BCUT2D eigenvalue weighted by Gasteiger charge is -2.14. The van der Waals surface area contributed by atoms with Crippen LogP contribution in [-0.4, -0.2) is 0 Å². The number of aryl methyl sites for hydroxylation is 2. The molecule has 0 aliphatic rings. The second-order valence-corrected chi connectivity index (χ2v) is 5.57. The highest BCUT2D eigenvalue weighted by Crippen LogP contribution is 2.32. The number of hydrogen-bond donors (Lipinski definition) is 0. The molecule has 0 saturated carbocycles. The fourth-order valence-electron chi connectivity index (χ4n) is 2.17. The maximum absolute atomic E-state index is 13.8. The molecule has 0 N–H and O–H groups in total. The van der Waals surface area contributed by atoms with E-state index in [-0.39, 0.29) is 11.6 Å². The van der Waals surface area contributed by atoms with Gasteiger partial charge in [-0.15, -0.1) is 0 Å². The van der Waals surface area contributed by atoms with E-state index < -0.39 is 0 Å². The topological polar surface area (TPSA) is 0 Å². The molecule has 0 aliphatic heterocycles. The van der Waals surface area contributed by atoms with Crippen LogP contribution in [0.5, 0.6) is 0 Å². The van der Waals surface area contributed by atoms with Gasteiger partial charge in [0.1, 0.15) is 11.6 Å². The molecule has 0 unspecified atom stereocenters. The number of hydrogen-bond acceptors (Lipinski definition) is 0. The van der Waals surface area contributed by atoms with Gasteiger partial charge in [0.25, 0.3) is 0 Å². The van der Waals surface area contributed by atoms with Crippen molar-refractivity contribution in [3.05, 3.63) is 75.3 Å². The predicted octanol–water partition coefficient (Wildman–Crippen LogP) is 5.66. The summed E-state index contributed by atoms with van der Waals surface area (Å²) >= 11 is 3.44. The minimum absolute atomic E-state index is 0.271. The molecule has 0 nitrogen and oxygen atoms in total. The van der Waals surface area contributed by atoms with Crippen molar-refractivity contribution in [1.82, 2.24) is 0 Å². The highest BCUT2D eigenvalue weighted by Gasteiger charge is 2.13. The Labute approximate surface area is 126 Å². The van der Waals surface area contributed by atoms with Crippen molar-refractivity contribution >= 4 is 21.5 Å².